The van der Waals surface area contributed by atoms with E-state index in [1.165, 1.54) is 6.07 Å². The fraction of sp³-hybridized carbons (Fsp3) is 0.556. The van der Waals surface area contributed by atoms with Gasteiger partial charge in [-0.25, -0.2) is 13.1 Å². The molecule has 0 bridgehead atoms. The van der Waals surface area contributed by atoms with Crippen molar-refractivity contribution < 1.29 is 8.42 Å². The molecule has 0 atom stereocenters. The Morgan fingerprint density at radius 2 is 2.12 bits per heavy atom. The summed E-state index contributed by atoms with van der Waals surface area (Å²) in [4.78, 5) is 0. The van der Waals surface area contributed by atoms with Crippen LogP contribution in [0, 0.1) is 0 Å². The first-order chi connectivity index (χ1) is 7.47. The van der Waals surface area contributed by atoms with E-state index < -0.39 is 15.6 Å². The Labute approximate surface area is 109 Å². The van der Waals surface area contributed by atoms with Crippen molar-refractivity contribution in [1.29, 1.82) is 0 Å². The summed E-state index contributed by atoms with van der Waals surface area (Å²) in [5.41, 5.74) is -0.448. The van der Waals surface area contributed by atoms with Crippen molar-refractivity contribution in [3.63, 3.8) is 0 Å². The summed E-state index contributed by atoms with van der Waals surface area (Å²) in [5, 5.41) is 0. The third-order valence-corrected chi connectivity index (χ3v) is 6.54. The number of rotatable bonds is 4. The van der Waals surface area contributed by atoms with E-state index in [-0.39, 0.29) is 4.21 Å². The summed E-state index contributed by atoms with van der Waals surface area (Å²) in [6.45, 7) is 0. The van der Waals surface area contributed by atoms with E-state index in [2.05, 4.69) is 4.72 Å². The summed E-state index contributed by atoms with van der Waals surface area (Å²) in [6, 6.07) is 3.09. The first-order valence-electron chi connectivity index (χ1n) is 4.83. The van der Waals surface area contributed by atoms with Gasteiger partial charge in [0.15, 0.2) is 0 Å². The van der Waals surface area contributed by atoms with Crippen LogP contribution in [0.1, 0.15) is 19.3 Å². The number of alkyl halides is 1. The summed E-state index contributed by atoms with van der Waals surface area (Å²) in [7, 11) is -3.47. The van der Waals surface area contributed by atoms with Crippen molar-refractivity contribution in [2.75, 3.05) is 5.88 Å². The molecule has 7 heteroatoms. The lowest BCUT2D eigenvalue weighted by Crippen LogP contribution is -2.54. The zero-order chi connectivity index (χ0) is 11.8. The molecule has 0 unspecified atom stereocenters. The molecule has 3 nitrogen and oxygen atoms in total. The second kappa shape index (κ2) is 4.46. The van der Waals surface area contributed by atoms with Crippen molar-refractivity contribution in [3.05, 3.63) is 16.5 Å². The molecular weight excluding hydrogens is 289 g/mol. The van der Waals surface area contributed by atoms with Crippen molar-refractivity contribution >= 4 is 44.6 Å². The lowest BCUT2D eigenvalue weighted by Gasteiger charge is -2.40. The van der Waals surface area contributed by atoms with Crippen molar-refractivity contribution in [2.24, 2.45) is 0 Å². The van der Waals surface area contributed by atoms with E-state index in [0.29, 0.717) is 10.2 Å². The van der Waals surface area contributed by atoms with Gasteiger partial charge < -0.3 is 0 Å². The van der Waals surface area contributed by atoms with Crippen LogP contribution in [0.15, 0.2) is 16.3 Å². The van der Waals surface area contributed by atoms with Crippen LogP contribution in [0.5, 0.6) is 0 Å². The van der Waals surface area contributed by atoms with Crippen LogP contribution in [0.4, 0.5) is 0 Å². The fourth-order valence-corrected chi connectivity index (χ4v) is 5.00. The van der Waals surface area contributed by atoms with E-state index in [1.54, 1.807) is 6.07 Å². The topological polar surface area (TPSA) is 46.2 Å². The van der Waals surface area contributed by atoms with Gasteiger partial charge in [-0.05, 0) is 31.4 Å². The zero-order valence-corrected chi connectivity index (χ0v) is 11.5. The molecule has 2 rings (SSSR count). The first kappa shape index (κ1) is 12.6. The lowest BCUT2D eigenvalue weighted by atomic mass is 9.79. The van der Waals surface area contributed by atoms with Crippen LogP contribution in [-0.2, 0) is 10.0 Å². The molecule has 1 aliphatic rings. The smallest absolute Gasteiger partial charge is 0.206 e. The number of thiophene rings is 1. The van der Waals surface area contributed by atoms with Gasteiger partial charge in [-0.3, -0.25) is 0 Å². The average molecular weight is 300 g/mol. The Balaban J connectivity index is 2.20. The zero-order valence-electron chi connectivity index (χ0n) is 8.37. The Morgan fingerprint density at radius 3 is 2.50 bits per heavy atom. The molecule has 90 valence electrons. The highest BCUT2D eigenvalue weighted by molar-refractivity contribution is 7.91. The molecule has 16 heavy (non-hydrogen) atoms. The summed E-state index contributed by atoms with van der Waals surface area (Å²) in [6.07, 6.45) is 2.62. The summed E-state index contributed by atoms with van der Waals surface area (Å²) in [5.74, 6) is 0.311. The number of hydrogen-bond donors (Lipinski definition) is 1. The number of hydrogen-bond acceptors (Lipinski definition) is 3. The van der Waals surface area contributed by atoms with Gasteiger partial charge in [0.25, 0.3) is 10.0 Å². The molecule has 1 aromatic heterocycles. The maximum atomic E-state index is 12.0. The second-order valence-electron chi connectivity index (χ2n) is 3.93. The number of nitrogens with one attached hydrogen (secondary N) is 1. The highest BCUT2D eigenvalue weighted by Crippen LogP contribution is 2.35. The maximum absolute atomic E-state index is 12.0. The number of halogens is 2. The van der Waals surface area contributed by atoms with E-state index in [1.807, 2.05) is 0 Å². The Bertz CT molecular complexity index is 474. The van der Waals surface area contributed by atoms with Crippen molar-refractivity contribution in [1.82, 2.24) is 4.72 Å². The monoisotopic (exact) mass is 299 g/mol. The van der Waals surface area contributed by atoms with Crippen LogP contribution < -0.4 is 4.72 Å². The third-order valence-electron chi connectivity index (χ3n) is 2.73. The molecule has 0 aromatic carbocycles. The van der Waals surface area contributed by atoms with Crippen molar-refractivity contribution in [3.8, 4) is 0 Å². The Morgan fingerprint density at radius 1 is 1.44 bits per heavy atom. The lowest BCUT2D eigenvalue weighted by molar-refractivity contribution is 0.252. The standard InChI is InChI=1S/C9H11Cl2NO2S2/c10-6-9(4-1-5-9)12-16(13,14)8-3-2-7(11)15-8/h2-3,12H,1,4-6H2. The molecule has 0 aliphatic heterocycles. The summed E-state index contributed by atoms with van der Waals surface area (Å²) >= 11 is 12.6. The normalized spacial score (nSPS) is 19.4. The molecule has 1 saturated carbocycles. The van der Waals surface area contributed by atoms with E-state index in [9.17, 15) is 8.42 Å². The molecule has 1 heterocycles. The van der Waals surface area contributed by atoms with Gasteiger partial charge in [0.1, 0.15) is 4.21 Å². The Kier molecular flexibility index (Phi) is 3.52. The predicted molar refractivity (Wildman–Crippen MR) is 67.0 cm³/mol. The van der Waals surface area contributed by atoms with Gasteiger partial charge in [-0.15, -0.1) is 22.9 Å². The van der Waals surface area contributed by atoms with E-state index in [4.69, 9.17) is 23.2 Å². The van der Waals surface area contributed by atoms with Gasteiger partial charge in [-0.2, -0.15) is 0 Å². The first-order valence-corrected chi connectivity index (χ1v) is 8.04. The van der Waals surface area contributed by atoms with E-state index >= 15 is 0 Å². The minimum atomic E-state index is -3.47. The fourth-order valence-electron chi connectivity index (χ4n) is 1.64. The highest BCUT2D eigenvalue weighted by Gasteiger charge is 2.40. The van der Waals surface area contributed by atoms with Gasteiger partial charge in [-0.1, -0.05) is 11.6 Å². The minimum Gasteiger partial charge on any atom is -0.206 e. The molecule has 0 saturated heterocycles. The third kappa shape index (κ3) is 2.38. The molecule has 0 amide bonds. The maximum Gasteiger partial charge on any atom is 0.250 e. The molecule has 1 aliphatic carbocycles. The van der Waals surface area contributed by atoms with Gasteiger partial charge >= 0.3 is 0 Å². The molecule has 0 spiro atoms. The van der Waals surface area contributed by atoms with Crippen LogP contribution >= 0.6 is 34.5 Å². The molecule has 1 aromatic rings. The van der Waals surface area contributed by atoms with Crippen LogP contribution in [-0.4, -0.2) is 19.8 Å². The summed E-state index contributed by atoms with van der Waals surface area (Å²) < 4.78 is 27.4. The van der Waals surface area contributed by atoms with E-state index in [0.717, 1.165) is 30.6 Å². The van der Waals surface area contributed by atoms with Crippen LogP contribution in [0.25, 0.3) is 0 Å². The van der Waals surface area contributed by atoms with Crippen LogP contribution in [0.2, 0.25) is 4.34 Å². The predicted octanol–water partition coefficient (Wildman–Crippen LogP) is 2.84. The highest BCUT2D eigenvalue weighted by atomic mass is 35.5. The average Bonchev–Trinajstić information content (AvgIpc) is 2.59. The molecule has 1 fully saturated rings. The van der Waals surface area contributed by atoms with Gasteiger partial charge in [0.05, 0.1) is 4.34 Å². The van der Waals surface area contributed by atoms with Crippen molar-refractivity contribution in [2.45, 2.75) is 29.0 Å². The SMILES string of the molecule is O=S(=O)(NC1(CCl)CCC1)c1ccc(Cl)s1. The largest absolute Gasteiger partial charge is 0.250 e. The Hall–Kier alpha value is 0.190. The van der Waals surface area contributed by atoms with Gasteiger partial charge in [0.2, 0.25) is 0 Å². The molecule has 0 radical (unpaired) electrons. The quantitative estimate of drug-likeness (QED) is 0.869. The second-order valence-corrected chi connectivity index (χ2v) is 7.82. The minimum absolute atomic E-state index is 0.244. The van der Waals surface area contributed by atoms with Crippen LogP contribution in [0.3, 0.4) is 0 Å². The number of sulfonamides is 1. The molecular formula is C9H11Cl2NO2S2. The van der Waals surface area contributed by atoms with Gasteiger partial charge in [0, 0.05) is 11.4 Å². The molecule has 1 N–H and O–H groups in total.